The molecular formula is C30H38N4O3. The normalized spacial score (nSPS) is 19.7. The number of aromatic amines is 1. The summed E-state index contributed by atoms with van der Waals surface area (Å²) >= 11 is 0. The Labute approximate surface area is 219 Å². The largest absolute Gasteiger partial charge is 0.444 e. The van der Waals surface area contributed by atoms with Crippen LogP contribution in [0.2, 0.25) is 0 Å². The summed E-state index contributed by atoms with van der Waals surface area (Å²) in [4.78, 5) is 38.0. The highest BCUT2D eigenvalue weighted by Crippen LogP contribution is 2.37. The number of fused-ring (bicyclic) bond motifs is 2. The Morgan fingerprint density at radius 1 is 0.973 bits per heavy atom. The number of aryl methyl sites for hydroxylation is 2. The molecule has 0 saturated carbocycles. The predicted molar refractivity (Wildman–Crippen MR) is 146 cm³/mol. The quantitative estimate of drug-likeness (QED) is 0.483. The average molecular weight is 503 g/mol. The van der Waals surface area contributed by atoms with Crippen LogP contribution in [0.1, 0.15) is 67.8 Å². The molecule has 2 atom stereocenters. The highest BCUT2D eigenvalue weighted by molar-refractivity contribution is 6.01. The summed E-state index contributed by atoms with van der Waals surface area (Å²) in [6.45, 7) is 16.7. The number of carbonyl (C=O) groups excluding carboxylic acids is 2. The Morgan fingerprint density at radius 3 is 2.14 bits per heavy atom. The molecule has 5 rings (SSSR count). The molecule has 37 heavy (non-hydrogen) atoms. The van der Waals surface area contributed by atoms with Crippen molar-refractivity contribution in [3.05, 3.63) is 52.8 Å². The lowest BCUT2D eigenvalue weighted by atomic mass is 9.95. The van der Waals surface area contributed by atoms with Crippen LogP contribution in [-0.2, 0) is 4.74 Å². The van der Waals surface area contributed by atoms with Crippen LogP contribution in [0.15, 0.2) is 30.3 Å². The molecule has 4 heterocycles. The van der Waals surface area contributed by atoms with E-state index in [0.29, 0.717) is 43.6 Å². The molecule has 1 N–H and O–H groups in total. The van der Waals surface area contributed by atoms with Gasteiger partial charge in [0.15, 0.2) is 0 Å². The lowest BCUT2D eigenvalue weighted by Gasteiger charge is -2.26. The highest BCUT2D eigenvalue weighted by Gasteiger charge is 2.44. The molecule has 0 aliphatic carbocycles. The van der Waals surface area contributed by atoms with Crippen LogP contribution in [0.3, 0.4) is 0 Å². The van der Waals surface area contributed by atoms with Gasteiger partial charge in [-0.15, -0.1) is 0 Å². The van der Waals surface area contributed by atoms with Crippen LogP contribution in [-0.4, -0.2) is 63.5 Å². The summed E-state index contributed by atoms with van der Waals surface area (Å²) < 4.78 is 5.55. The molecule has 2 aromatic heterocycles. The van der Waals surface area contributed by atoms with E-state index >= 15 is 0 Å². The molecule has 7 heteroatoms. The molecule has 2 aliphatic heterocycles. The summed E-state index contributed by atoms with van der Waals surface area (Å²) in [5.41, 5.74) is 6.67. The van der Waals surface area contributed by atoms with Gasteiger partial charge in [-0.25, -0.2) is 4.79 Å². The number of H-pyrrole nitrogens is 1. The predicted octanol–water partition coefficient (Wildman–Crippen LogP) is 5.91. The maximum Gasteiger partial charge on any atom is 0.410 e. The number of ether oxygens (including phenoxy) is 1. The Morgan fingerprint density at radius 2 is 1.57 bits per heavy atom. The fourth-order valence-electron chi connectivity index (χ4n) is 5.97. The Bertz CT molecular complexity index is 1330. The topological polar surface area (TPSA) is 78.5 Å². The standard InChI is InChI=1S/C30H38N4O3/c1-17(2)26-24-12-20(8-9-25(24)32-27(26)21-10-18(3)31-19(4)11-21)28(35)33-13-22-15-34(16-23(22)14-33)29(36)37-30(5,6)7/h8-12,17,22-23,32H,13-16H2,1-7H3. The van der Waals surface area contributed by atoms with Gasteiger partial charge in [-0.05, 0) is 76.4 Å². The third kappa shape index (κ3) is 4.96. The fourth-order valence-corrected chi connectivity index (χ4v) is 5.97. The van der Waals surface area contributed by atoms with Gasteiger partial charge in [0.05, 0.1) is 5.69 Å². The van der Waals surface area contributed by atoms with Gasteiger partial charge in [-0.1, -0.05) is 13.8 Å². The van der Waals surface area contributed by atoms with Crippen molar-refractivity contribution in [3.63, 3.8) is 0 Å². The van der Waals surface area contributed by atoms with Crippen LogP contribution in [0.25, 0.3) is 22.2 Å². The molecule has 2 unspecified atom stereocenters. The maximum absolute atomic E-state index is 13.6. The van der Waals surface area contributed by atoms with Gasteiger partial charge >= 0.3 is 6.09 Å². The summed E-state index contributed by atoms with van der Waals surface area (Å²) in [6.07, 6.45) is -0.255. The van der Waals surface area contributed by atoms with Crippen molar-refractivity contribution in [3.8, 4) is 11.3 Å². The minimum absolute atomic E-state index is 0.0631. The first-order chi connectivity index (χ1) is 17.4. The molecule has 0 radical (unpaired) electrons. The van der Waals surface area contributed by atoms with Crippen molar-refractivity contribution in [1.29, 1.82) is 0 Å². The number of likely N-dealkylation sites (tertiary alicyclic amines) is 2. The lowest BCUT2D eigenvalue weighted by Crippen LogP contribution is -2.38. The molecule has 0 bridgehead atoms. The van der Waals surface area contributed by atoms with E-state index in [0.717, 1.165) is 33.5 Å². The summed E-state index contributed by atoms with van der Waals surface area (Å²) in [5.74, 6) is 0.938. The number of hydrogen-bond acceptors (Lipinski definition) is 4. The summed E-state index contributed by atoms with van der Waals surface area (Å²) in [6, 6.07) is 10.2. The van der Waals surface area contributed by atoms with E-state index in [1.807, 2.05) is 51.7 Å². The zero-order valence-corrected chi connectivity index (χ0v) is 23.0. The number of benzene rings is 1. The second kappa shape index (κ2) is 9.19. The number of nitrogens with one attached hydrogen (secondary N) is 1. The molecule has 0 spiro atoms. The van der Waals surface area contributed by atoms with Crippen LogP contribution in [0.5, 0.6) is 0 Å². The van der Waals surface area contributed by atoms with Crippen molar-refractivity contribution in [2.75, 3.05) is 26.2 Å². The zero-order chi connectivity index (χ0) is 26.6. The first-order valence-corrected chi connectivity index (χ1v) is 13.3. The molecule has 2 amide bonds. The Hall–Kier alpha value is -3.35. The van der Waals surface area contributed by atoms with Gasteiger partial charge in [0.1, 0.15) is 5.60 Å². The van der Waals surface area contributed by atoms with Gasteiger partial charge in [-0.3, -0.25) is 9.78 Å². The first-order valence-electron chi connectivity index (χ1n) is 13.3. The second-order valence-electron chi connectivity index (χ2n) is 12.1. The number of aromatic nitrogens is 2. The van der Waals surface area contributed by atoms with Gasteiger partial charge in [0.2, 0.25) is 0 Å². The number of pyridine rings is 1. The number of hydrogen-bond donors (Lipinski definition) is 1. The van der Waals surface area contributed by atoms with E-state index in [9.17, 15) is 9.59 Å². The van der Waals surface area contributed by atoms with Crippen LogP contribution in [0, 0.1) is 25.7 Å². The van der Waals surface area contributed by atoms with E-state index in [2.05, 4.69) is 42.0 Å². The number of carbonyl (C=O) groups is 2. The molecule has 196 valence electrons. The highest BCUT2D eigenvalue weighted by atomic mass is 16.6. The first kappa shape index (κ1) is 25.3. The van der Waals surface area contributed by atoms with E-state index in [1.165, 1.54) is 5.56 Å². The molecule has 2 aliphatic rings. The van der Waals surface area contributed by atoms with Crippen molar-refractivity contribution in [2.24, 2.45) is 11.8 Å². The van der Waals surface area contributed by atoms with Gasteiger partial charge in [0.25, 0.3) is 5.91 Å². The molecule has 2 saturated heterocycles. The molecule has 7 nitrogen and oxygen atoms in total. The minimum atomic E-state index is -0.503. The smallest absolute Gasteiger partial charge is 0.410 e. The molecular weight excluding hydrogens is 464 g/mol. The number of amides is 2. The van der Waals surface area contributed by atoms with Crippen LogP contribution in [0.4, 0.5) is 4.79 Å². The van der Waals surface area contributed by atoms with Gasteiger partial charge in [0, 0.05) is 71.4 Å². The van der Waals surface area contributed by atoms with Crippen molar-refractivity contribution in [1.82, 2.24) is 19.8 Å². The molecule has 3 aromatic rings. The minimum Gasteiger partial charge on any atom is -0.444 e. The third-order valence-electron chi connectivity index (χ3n) is 7.46. The monoisotopic (exact) mass is 502 g/mol. The molecule has 1 aromatic carbocycles. The van der Waals surface area contributed by atoms with Crippen molar-refractivity contribution >= 4 is 22.9 Å². The van der Waals surface area contributed by atoms with E-state index in [-0.39, 0.29) is 17.9 Å². The summed E-state index contributed by atoms with van der Waals surface area (Å²) in [7, 11) is 0. The molecule has 2 fully saturated rings. The SMILES string of the molecule is Cc1cc(-c2[nH]c3ccc(C(=O)N4CC5CN(C(=O)OC(C)(C)C)CC5C4)cc3c2C(C)C)cc(C)n1. The maximum atomic E-state index is 13.6. The van der Waals surface area contributed by atoms with Gasteiger partial charge < -0.3 is 19.5 Å². The van der Waals surface area contributed by atoms with E-state index < -0.39 is 5.60 Å². The van der Waals surface area contributed by atoms with Crippen LogP contribution < -0.4 is 0 Å². The number of rotatable bonds is 3. The average Bonchev–Trinajstić information content (AvgIpc) is 3.47. The zero-order valence-electron chi connectivity index (χ0n) is 23.0. The Balaban J connectivity index is 1.37. The van der Waals surface area contributed by atoms with Gasteiger partial charge in [-0.2, -0.15) is 0 Å². The fraction of sp³-hybridized carbons (Fsp3) is 0.500. The third-order valence-corrected chi connectivity index (χ3v) is 7.46. The second-order valence-corrected chi connectivity index (χ2v) is 12.1. The summed E-state index contributed by atoms with van der Waals surface area (Å²) in [5, 5.41) is 1.10. The van der Waals surface area contributed by atoms with Crippen molar-refractivity contribution < 1.29 is 14.3 Å². The number of nitrogens with zero attached hydrogens (tertiary/aromatic N) is 3. The lowest BCUT2D eigenvalue weighted by molar-refractivity contribution is 0.0275. The van der Waals surface area contributed by atoms with Crippen molar-refractivity contribution in [2.45, 2.75) is 60.0 Å². The van der Waals surface area contributed by atoms with Crippen LogP contribution >= 0.6 is 0 Å². The van der Waals surface area contributed by atoms with E-state index in [4.69, 9.17) is 4.74 Å². The Kier molecular flexibility index (Phi) is 6.29. The van der Waals surface area contributed by atoms with E-state index in [1.54, 1.807) is 4.90 Å².